The van der Waals surface area contributed by atoms with Crippen LogP contribution in [0.4, 0.5) is 10.1 Å². The minimum Gasteiger partial charge on any atom is -0.346 e. The normalized spacial score (nSPS) is 16.5. The van der Waals surface area contributed by atoms with Gasteiger partial charge in [-0.05, 0) is 54.1 Å². The van der Waals surface area contributed by atoms with Gasteiger partial charge in [-0.3, -0.25) is 14.5 Å². The van der Waals surface area contributed by atoms with Crippen molar-refractivity contribution in [2.75, 3.05) is 45.1 Å². The first-order valence-electron chi connectivity index (χ1n) is 9.24. The largest absolute Gasteiger partial charge is 0.346 e. The SMILES string of the molecule is Cc1ccc(NC(=O)C(=O)NC[C@H](c2ccsc2)N2CCN(C)CC2)cc1F. The number of carbonyl (C=O) groups excluding carboxylic acids is 2. The zero-order valence-electron chi connectivity index (χ0n) is 16.1. The van der Waals surface area contributed by atoms with E-state index < -0.39 is 17.6 Å². The number of amides is 2. The molecule has 28 heavy (non-hydrogen) atoms. The Labute approximate surface area is 168 Å². The third kappa shape index (κ3) is 5.15. The summed E-state index contributed by atoms with van der Waals surface area (Å²) in [6, 6.07) is 6.41. The first-order valence-corrected chi connectivity index (χ1v) is 10.2. The molecule has 1 aliphatic rings. The van der Waals surface area contributed by atoms with Gasteiger partial charge in [0.15, 0.2) is 0 Å². The third-order valence-electron chi connectivity index (χ3n) is 5.00. The van der Waals surface area contributed by atoms with E-state index in [4.69, 9.17) is 0 Å². The second-order valence-corrected chi connectivity index (χ2v) is 7.82. The van der Waals surface area contributed by atoms with Crippen molar-refractivity contribution in [3.63, 3.8) is 0 Å². The second-order valence-electron chi connectivity index (χ2n) is 7.04. The zero-order chi connectivity index (χ0) is 20.1. The van der Waals surface area contributed by atoms with Gasteiger partial charge in [0.1, 0.15) is 5.82 Å². The first-order chi connectivity index (χ1) is 13.4. The Kier molecular flexibility index (Phi) is 6.77. The predicted molar refractivity (Wildman–Crippen MR) is 109 cm³/mol. The molecule has 2 N–H and O–H groups in total. The molecule has 1 aliphatic heterocycles. The van der Waals surface area contributed by atoms with E-state index >= 15 is 0 Å². The Balaban J connectivity index is 1.59. The number of likely N-dealkylation sites (N-methyl/N-ethyl adjacent to an activating group) is 1. The quantitative estimate of drug-likeness (QED) is 0.751. The van der Waals surface area contributed by atoms with Crippen molar-refractivity contribution in [1.29, 1.82) is 0 Å². The van der Waals surface area contributed by atoms with E-state index in [9.17, 15) is 14.0 Å². The van der Waals surface area contributed by atoms with Crippen molar-refractivity contribution < 1.29 is 14.0 Å². The smallest absolute Gasteiger partial charge is 0.313 e. The summed E-state index contributed by atoms with van der Waals surface area (Å²) in [4.78, 5) is 29.0. The molecule has 1 saturated heterocycles. The molecule has 1 aromatic carbocycles. The van der Waals surface area contributed by atoms with Gasteiger partial charge in [-0.25, -0.2) is 4.39 Å². The van der Waals surface area contributed by atoms with Crippen LogP contribution in [0.15, 0.2) is 35.0 Å². The van der Waals surface area contributed by atoms with E-state index in [-0.39, 0.29) is 11.7 Å². The van der Waals surface area contributed by atoms with E-state index in [2.05, 4.69) is 38.9 Å². The van der Waals surface area contributed by atoms with Gasteiger partial charge in [0.05, 0.1) is 6.04 Å². The number of hydrogen-bond donors (Lipinski definition) is 2. The van der Waals surface area contributed by atoms with Crippen molar-refractivity contribution in [2.24, 2.45) is 0 Å². The maximum Gasteiger partial charge on any atom is 0.313 e. The lowest BCUT2D eigenvalue weighted by Crippen LogP contribution is -2.49. The molecule has 6 nitrogen and oxygen atoms in total. The summed E-state index contributed by atoms with van der Waals surface area (Å²) in [7, 11) is 2.09. The van der Waals surface area contributed by atoms with Gasteiger partial charge in [-0.2, -0.15) is 11.3 Å². The molecule has 2 amide bonds. The maximum atomic E-state index is 13.6. The minimum atomic E-state index is -0.800. The molecule has 1 fully saturated rings. The number of nitrogens with zero attached hydrogens (tertiary/aromatic N) is 2. The summed E-state index contributed by atoms with van der Waals surface area (Å²) < 4.78 is 13.6. The number of piperazine rings is 1. The standard InChI is InChI=1S/C20H25FN4O2S/c1-14-3-4-16(11-17(14)21)23-20(27)19(26)22-12-18(15-5-10-28-13-15)25-8-6-24(2)7-9-25/h3-5,10-11,13,18H,6-9,12H2,1-2H3,(H,22,26)(H,23,27)/t18-/m1/s1. The Hall–Kier alpha value is -2.29. The molecule has 3 rings (SSSR count). The monoisotopic (exact) mass is 404 g/mol. The Morgan fingerprint density at radius 2 is 1.93 bits per heavy atom. The summed E-state index contributed by atoms with van der Waals surface area (Å²) >= 11 is 1.61. The molecule has 150 valence electrons. The Bertz CT molecular complexity index is 820. The van der Waals surface area contributed by atoms with Crippen LogP contribution in [0.5, 0.6) is 0 Å². The molecule has 1 aromatic heterocycles. The molecule has 2 heterocycles. The minimum absolute atomic E-state index is 0.0218. The number of halogens is 1. The molecule has 0 saturated carbocycles. The number of nitrogens with one attached hydrogen (secondary N) is 2. The highest BCUT2D eigenvalue weighted by Crippen LogP contribution is 2.23. The van der Waals surface area contributed by atoms with Crippen LogP contribution in [-0.4, -0.2) is 61.4 Å². The molecule has 8 heteroatoms. The van der Waals surface area contributed by atoms with Gasteiger partial charge < -0.3 is 15.5 Å². The van der Waals surface area contributed by atoms with E-state index in [1.807, 2.05) is 5.38 Å². The number of benzene rings is 1. The van der Waals surface area contributed by atoms with Gasteiger partial charge in [-0.1, -0.05) is 6.07 Å². The van der Waals surface area contributed by atoms with Crippen molar-refractivity contribution >= 4 is 28.8 Å². The van der Waals surface area contributed by atoms with Crippen LogP contribution in [0.3, 0.4) is 0 Å². The lowest BCUT2D eigenvalue weighted by Gasteiger charge is -2.37. The summed E-state index contributed by atoms with van der Waals surface area (Å²) in [6.45, 7) is 5.72. The molecule has 0 radical (unpaired) electrons. The lowest BCUT2D eigenvalue weighted by molar-refractivity contribution is -0.136. The summed E-state index contributed by atoms with van der Waals surface area (Å²) in [5, 5.41) is 9.26. The van der Waals surface area contributed by atoms with Crippen molar-refractivity contribution in [3.8, 4) is 0 Å². The topological polar surface area (TPSA) is 64.7 Å². The zero-order valence-corrected chi connectivity index (χ0v) is 16.9. The summed E-state index contributed by atoms with van der Waals surface area (Å²) in [5.41, 5.74) is 1.88. The van der Waals surface area contributed by atoms with Crippen molar-refractivity contribution in [1.82, 2.24) is 15.1 Å². The molecular formula is C20H25FN4O2S. The lowest BCUT2D eigenvalue weighted by atomic mass is 10.1. The van der Waals surface area contributed by atoms with E-state index in [1.165, 1.54) is 6.07 Å². The molecule has 0 bridgehead atoms. The number of aryl methyl sites for hydroxylation is 1. The van der Waals surface area contributed by atoms with Crippen LogP contribution in [-0.2, 0) is 9.59 Å². The number of carbonyl (C=O) groups is 2. The van der Waals surface area contributed by atoms with Crippen LogP contribution in [0.1, 0.15) is 17.2 Å². The highest BCUT2D eigenvalue weighted by molar-refractivity contribution is 7.08. The van der Waals surface area contributed by atoms with E-state index in [0.29, 0.717) is 12.1 Å². The number of thiophene rings is 1. The molecule has 2 aromatic rings. The average Bonchev–Trinajstić information content (AvgIpc) is 3.20. The van der Waals surface area contributed by atoms with Gasteiger partial charge in [0.25, 0.3) is 0 Å². The van der Waals surface area contributed by atoms with Crippen LogP contribution in [0.25, 0.3) is 0 Å². The number of rotatable bonds is 5. The fourth-order valence-corrected chi connectivity index (χ4v) is 3.89. The molecule has 0 aliphatic carbocycles. The average molecular weight is 405 g/mol. The fraction of sp³-hybridized carbons (Fsp3) is 0.400. The van der Waals surface area contributed by atoms with Crippen molar-refractivity contribution in [2.45, 2.75) is 13.0 Å². The Morgan fingerprint density at radius 1 is 1.18 bits per heavy atom. The van der Waals surface area contributed by atoms with Gasteiger partial charge in [0.2, 0.25) is 0 Å². The van der Waals surface area contributed by atoms with Gasteiger partial charge in [-0.15, -0.1) is 0 Å². The number of hydrogen-bond acceptors (Lipinski definition) is 5. The predicted octanol–water partition coefficient (Wildman–Crippen LogP) is 2.24. The maximum absolute atomic E-state index is 13.6. The van der Waals surface area contributed by atoms with Crippen molar-refractivity contribution in [3.05, 3.63) is 52.0 Å². The molecule has 0 unspecified atom stereocenters. The highest BCUT2D eigenvalue weighted by atomic mass is 32.1. The van der Waals surface area contributed by atoms with E-state index in [1.54, 1.807) is 30.4 Å². The van der Waals surface area contributed by atoms with Crippen LogP contribution in [0, 0.1) is 12.7 Å². The summed E-state index contributed by atoms with van der Waals surface area (Å²) in [5.74, 6) is -1.95. The van der Waals surface area contributed by atoms with Crippen LogP contribution < -0.4 is 10.6 Å². The first kappa shape index (κ1) is 20.4. The molecule has 0 spiro atoms. The highest BCUT2D eigenvalue weighted by Gasteiger charge is 2.25. The third-order valence-corrected chi connectivity index (χ3v) is 5.70. The molecular weight excluding hydrogens is 379 g/mol. The molecule has 1 atom stereocenters. The summed E-state index contributed by atoms with van der Waals surface area (Å²) in [6.07, 6.45) is 0. The van der Waals surface area contributed by atoms with E-state index in [0.717, 1.165) is 31.7 Å². The number of anilines is 1. The fourth-order valence-electron chi connectivity index (χ4n) is 3.18. The van der Waals surface area contributed by atoms with Crippen LogP contribution >= 0.6 is 11.3 Å². The Morgan fingerprint density at radius 3 is 2.57 bits per heavy atom. The van der Waals surface area contributed by atoms with Crippen LogP contribution in [0.2, 0.25) is 0 Å². The van der Waals surface area contributed by atoms with Gasteiger partial charge >= 0.3 is 11.8 Å². The second kappa shape index (κ2) is 9.27. The van der Waals surface area contributed by atoms with Gasteiger partial charge in [0, 0.05) is 38.4 Å².